The van der Waals surface area contributed by atoms with Gasteiger partial charge in [0.2, 0.25) is 10.0 Å². The molecule has 3 rings (SSSR count). The largest absolute Gasteiger partial charge is 0.495 e. The van der Waals surface area contributed by atoms with E-state index in [0.29, 0.717) is 23.4 Å². The number of aromatic nitrogens is 2. The highest BCUT2D eigenvalue weighted by atomic mass is 32.2. The molecule has 0 amide bonds. The fourth-order valence-corrected chi connectivity index (χ4v) is 4.81. The summed E-state index contributed by atoms with van der Waals surface area (Å²) in [6.07, 6.45) is 0.303. The molecule has 0 saturated heterocycles. The summed E-state index contributed by atoms with van der Waals surface area (Å²) in [5.41, 5.74) is 2.98. The molecule has 1 N–H and O–H groups in total. The third-order valence-electron chi connectivity index (χ3n) is 4.81. The van der Waals surface area contributed by atoms with Crippen molar-refractivity contribution in [1.29, 1.82) is 0 Å². The molecule has 1 aliphatic heterocycles. The molecular weight excluding hydrogens is 358 g/mol. The Bertz CT molecular complexity index is 994. The van der Waals surface area contributed by atoms with E-state index in [0.717, 1.165) is 11.1 Å². The molecule has 0 unspecified atom stereocenters. The standard InChI is InChI=1S/C17H21N3O5S/c1-10-7-14(25-4)15(8-11(10)2)26(23,24)20-6-5-12-13(9-20)19(3)18-16(12)17(21)22/h7-8H,5-6,9H2,1-4H3,(H,21,22). The van der Waals surface area contributed by atoms with Gasteiger partial charge in [0.15, 0.2) is 5.69 Å². The Kier molecular flexibility index (Phi) is 4.53. The molecule has 0 aliphatic carbocycles. The van der Waals surface area contributed by atoms with Gasteiger partial charge in [0.05, 0.1) is 19.3 Å². The molecule has 2 heterocycles. The van der Waals surface area contributed by atoms with Gasteiger partial charge in [-0.1, -0.05) is 0 Å². The molecule has 26 heavy (non-hydrogen) atoms. The molecule has 0 radical (unpaired) electrons. The van der Waals surface area contributed by atoms with Crippen LogP contribution in [0.2, 0.25) is 0 Å². The first-order valence-electron chi connectivity index (χ1n) is 8.10. The summed E-state index contributed by atoms with van der Waals surface area (Å²) in [6, 6.07) is 3.33. The number of carboxylic acid groups (broad SMARTS) is 1. The highest BCUT2D eigenvalue weighted by Crippen LogP contribution is 2.33. The van der Waals surface area contributed by atoms with E-state index in [1.54, 1.807) is 19.2 Å². The van der Waals surface area contributed by atoms with E-state index in [-0.39, 0.29) is 23.7 Å². The molecular formula is C17H21N3O5S. The van der Waals surface area contributed by atoms with Crippen LogP contribution >= 0.6 is 0 Å². The van der Waals surface area contributed by atoms with Crippen molar-refractivity contribution in [3.05, 3.63) is 40.2 Å². The first-order valence-corrected chi connectivity index (χ1v) is 9.54. The van der Waals surface area contributed by atoms with Crippen LogP contribution in [-0.4, -0.2) is 47.2 Å². The number of hydrogen-bond donors (Lipinski definition) is 1. The first kappa shape index (κ1) is 18.4. The molecule has 0 saturated carbocycles. The number of aryl methyl sites for hydroxylation is 3. The Morgan fingerprint density at radius 2 is 1.92 bits per heavy atom. The molecule has 140 valence electrons. The van der Waals surface area contributed by atoms with Crippen molar-refractivity contribution in [3.63, 3.8) is 0 Å². The minimum absolute atomic E-state index is 0.0108. The molecule has 1 aliphatic rings. The number of ether oxygens (including phenoxy) is 1. The zero-order valence-electron chi connectivity index (χ0n) is 15.1. The van der Waals surface area contributed by atoms with E-state index in [1.807, 2.05) is 13.8 Å². The van der Waals surface area contributed by atoms with E-state index in [2.05, 4.69) is 5.10 Å². The molecule has 1 aromatic heterocycles. The molecule has 0 fully saturated rings. The molecule has 9 heteroatoms. The van der Waals surface area contributed by atoms with Gasteiger partial charge in [0.1, 0.15) is 10.6 Å². The van der Waals surface area contributed by atoms with Crippen molar-refractivity contribution < 1.29 is 23.1 Å². The van der Waals surface area contributed by atoms with Crippen LogP contribution in [0.15, 0.2) is 17.0 Å². The van der Waals surface area contributed by atoms with Crippen molar-refractivity contribution in [2.24, 2.45) is 7.05 Å². The maximum Gasteiger partial charge on any atom is 0.356 e. The first-order chi connectivity index (χ1) is 12.2. The summed E-state index contributed by atoms with van der Waals surface area (Å²) in [7, 11) is -0.730. The van der Waals surface area contributed by atoms with Crippen LogP contribution in [0, 0.1) is 13.8 Å². The number of hydrogen-bond acceptors (Lipinski definition) is 5. The van der Waals surface area contributed by atoms with E-state index in [1.165, 1.54) is 16.1 Å². The van der Waals surface area contributed by atoms with Gasteiger partial charge in [-0.3, -0.25) is 4.68 Å². The van der Waals surface area contributed by atoms with Gasteiger partial charge in [0.25, 0.3) is 0 Å². The smallest absolute Gasteiger partial charge is 0.356 e. The lowest BCUT2D eigenvalue weighted by atomic mass is 10.1. The predicted octanol–water partition coefficient (Wildman–Crippen LogP) is 1.49. The molecule has 8 nitrogen and oxygen atoms in total. The molecule has 1 aromatic carbocycles. The zero-order valence-corrected chi connectivity index (χ0v) is 15.9. The second kappa shape index (κ2) is 6.40. The number of carbonyl (C=O) groups is 1. The summed E-state index contributed by atoms with van der Waals surface area (Å²) in [5.74, 6) is -0.802. The zero-order chi connectivity index (χ0) is 19.2. The lowest BCUT2D eigenvalue weighted by Crippen LogP contribution is -2.37. The van der Waals surface area contributed by atoms with E-state index < -0.39 is 16.0 Å². The summed E-state index contributed by atoms with van der Waals surface area (Å²) in [6.45, 7) is 4.01. The van der Waals surface area contributed by atoms with Crippen molar-refractivity contribution in [1.82, 2.24) is 14.1 Å². The van der Waals surface area contributed by atoms with Crippen molar-refractivity contribution >= 4 is 16.0 Å². The lowest BCUT2D eigenvalue weighted by molar-refractivity contribution is 0.0688. The molecule has 0 atom stereocenters. The van der Waals surface area contributed by atoms with Crippen LogP contribution in [-0.2, 0) is 30.0 Å². The van der Waals surface area contributed by atoms with E-state index in [9.17, 15) is 18.3 Å². The number of benzene rings is 1. The number of rotatable bonds is 4. The Morgan fingerprint density at radius 3 is 2.54 bits per heavy atom. The summed E-state index contributed by atoms with van der Waals surface area (Å²) in [5, 5.41) is 13.3. The van der Waals surface area contributed by atoms with Crippen LogP contribution in [0.1, 0.15) is 32.9 Å². The molecule has 0 bridgehead atoms. The minimum atomic E-state index is -3.79. The van der Waals surface area contributed by atoms with Gasteiger partial charge in [-0.15, -0.1) is 0 Å². The van der Waals surface area contributed by atoms with Gasteiger partial charge in [0, 0.05) is 19.2 Å². The predicted molar refractivity (Wildman–Crippen MR) is 93.9 cm³/mol. The van der Waals surface area contributed by atoms with Crippen molar-refractivity contribution in [2.75, 3.05) is 13.7 Å². The van der Waals surface area contributed by atoms with Gasteiger partial charge in [-0.2, -0.15) is 9.40 Å². The Balaban J connectivity index is 2.03. The third kappa shape index (κ3) is 2.86. The number of carboxylic acids is 1. The number of nitrogens with zero attached hydrogens (tertiary/aromatic N) is 3. The molecule has 2 aromatic rings. The van der Waals surface area contributed by atoms with Crippen LogP contribution in [0.4, 0.5) is 0 Å². The average Bonchev–Trinajstić information content (AvgIpc) is 2.93. The maximum absolute atomic E-state index is 13.2. The highest BCUT2D eigenvalue weighted by Gasteiger charge is 2.34. The Labute approximate surface area is 152 Å². The van der Waals surface area contributed by atoms with Crippen LogP contribution in [0.25, 0.3) is 0 Å². The fourth-order valence-electron chi connectivity index (χ4n) is 3.19. The minimum Gasteiger partial charge on any atom is -0.495 e. The van der Waals surface area contributed by atoms with Crippen molar-refractivity contribution in [3.8, 4) is 5.75 Å². The van der Waals surface area contributed by atoms with Crippen LogP contribution in [0.3, 0.4) is 0 Å². The summed E-state index contributed by atoms with van der Waals surface area (Å²) < 4.78 is 34.5. The SMILES string of the molecule is COc1cc(C)c(C)cc1S(=O)(=O)N1CCc2c(C(=O)O)nn(C)c2C1. The number of fused-ring (bicyclic) bond motifs is 1. The van der Waals surface area contributed by atoms with E-state index in [4.69, 9.17) is 4.74 Å². The summed E-state index contributed by atoms with van der Waals surface area (Å²) >= 11 is 0. The fraction of sp³-hybridized carbons (Fsp3) is 0.412. The van der Waals surface area contributed by atoms with Crippen molar-refractivity contribution in [2.45, 2.75) is 31.7 Å². The average molecular weight is 379 g/mol. The Hall–Kier alpha value is -2.39. The van der Waals surface area contributed by atoms with Crippen LogP contribution < -0.4 is 4.74 Å². The van der Waals surface area contributed by atoms with Crippen LogP contribution in [0.5, 0.6) is 5.75 Å². The summed E-state index contributed by atoms with van der Waals surface area (Å²) in [4.78, 5) is 11.4. The van der Waals surface area contributed by atoms with Gasteiger partial charge in [-0.25, -0.2) is 13.2 Å². The van der Waals surface area contributed by atoms with E-state index >= 15 is 0 Å². The monoisotopic (exact) mass is 379 g/mol. The number of methoxy groups -OCH3 is 1. The lowest BCUT2D eigenvalue weighted by Gasteiger charge is -2.27. The van der Waals surface area contributed by atoms with Gasteiger partial charge < -0.3 is 9.84 Å². The number of sulfonamides is 1. The highest BCUT2D eigenvalue weighted by molar-refractivity contribution is 7.89. The quantitative estimate of drug-likeness (QED) is 0.864. The molecule has 0 spiro atoms. The maximum atomic E-state index is 13.2. The normalized spacial score (nSPS) is 14.9. The number of aromatic carboxylic acids is 1. The topological polar surface area (TPSA) is 102 Å². The Morgan fingerprint density at radius 1 is 1.27 bits per heavy atom. The van der Waals surface area contributed by atoms with Gasteiger partial charge in [-0.05, 0) is 43.5 Å². The second-order valence-corrected chi connectivity index (χ2v) is 8.28. The third-order valence-corrected chi connectivity index (χ3v) is 6.68. The second-order valence-electron chi connectivity index (χ2n) is 6.38. The van der Waals surface area contributed by atoms with Gasteiger partial charge >= 0.3 is 5.97 Å².